The van der Waals surface area contributed by atoms with Crippen LogP contribution in [0.1, 0.15) is 55.7 Å². The second kappa shape index (κ2) is 15.8. The van der Waals surface area contributed by atoms with E-state index in [2.05, 4.69) is 25.8 Å². The van der Waals surface area contributed by atoms with E-state index in [-0.39, 0.29) is 75.9 Å². The maximum absolute atomic E-state index is 13.9. The number of nitrogens with zero attached hydrogens (tertiary/aromatic N) is 5. The number of carboxylic acids is 1. The van der Waals surface area contributed by atoms with Crippen LogP contribution in [-0.4, -0.2) is 90.3 Å². The van der Waals surface area contributed by atoms with Crippen LogP contribution in [0.25, 0.3) is 0 Å². The number of aromatic nitrogens is 2. The zero-order valence-corrected chi connectivity index (χ0v) is 30.3. The summed E-state index contributed by atoms with van der Waals surface area (Å²) in [6.45, 7) is 0.284. The second-order valence-electron chi connectivity index (χ2n) is 13.0. The van der Waals surface area contributed by atoms with Crippen LogP contribution in [0, 0.1) is 0 Å². The molecule has 1 aromatic carbocycles. The Labute approximate surface area is 317 Å². The third kappa shape index (κ3) is 7.31. The molecule has 18 heteroatoms. The lowest BCUT2D eigenvalue weighted by atomic mass is 9.80. The van der Waals surface area contributed by atoms with Crippen molar-refractivity contribution in [3.63, 3.8) is 0 Å². The molecule has 3 fully saturated rings. The third-order valence-electron chi connectivity index (χ3n) is 9.69. The minimum atomic E-state index is -1.43. The Morgan fingerprint density at radius 1 is 1.13 bits per heavy atom. The number of carboxylic acid groups (broad SMARTS) is 1. The minimum Gasteiger partial charge on any atom is -0.477 e. The van der Waals surface area contributed by atoms with E-state index in [1.165, 1.54) is 24.2 Å². The number of anilines is 2. The van der Waals surface area contributed by atoms with Gasteiger partial charge in [0.2, 0.25) is 5.91 Å². The summed E-state index contributed by atoms with van der Waals surface area (Å²) >= 11 is 2.32. The summed E-state index contributed by atoms with van der Waals surface area (Å²) in [5, 5.41) is 32.7. The number of carbonyl (C=O) groups is 5. The molecule has 7 rings (SSSR count). The van der Waals surface area contributed by atoms with Gasteiger partial charge in [-0.1, -0.05) is 23.4 Å². The molecule has 54 heavy (non-hydrogen) atoms. The van der Waals surface area contributed by atoms with Gasteiger partial charge >= 0.3 is 5.97 Å². The zero-order chi connectivity index (χ0) is 37.9. The minimum absolute atomic E-state index is 0.0141. The Kier molecular flexibility index (Phi) is 10.7. The summed E-state index contributed by atoms with van der Waals surface area (Å²) in [4.78, 5) is 82.8. The van der Waals surface area contributed by atoms with E-state index >= 15 is 0 Å². The molecule has 4 aliphatic rings. The largest absolute Gasteiger partial charge is 0.477 e. The van der Waals surface area contributed by atoms with Crippen LogP contribution in [0.4, 0.5) is 10.8 Å². The molecule has 1 saturated carbocycles. The highest BCUT2D eigenvalue weighted by atomic mass is 32.2. The normalized spacial score (nSPS) is 21.6. The van der Waals surface area contributed by atoms with Gasteiger partial charge in [0.25, 0.3) is 17.7 Å². The fourth-order valence-corrected chi connectivity index (χ4v) is 9.01. The summed E-state index contributed by atoms with van der Waals surface area (Å²) in [5.74, 6) is -4.90. The highest BCUT2D eigenvalue weighted by molar-refractivity contribution is 8.00. The molecule has 0 bridgehead atoms. The quantitative estimate of drug-likeness (QED) is 0.0589. The molecule has 5 heterocycles. The van der Waals surface area contributed by atoms with Crippen LogP contribution >= 0.6 is 23.1 Å². The highest BCUT2D eigenvalue weighted by Gasteiger charge is 2.55. The standard InChI is InChI=1S/C36H36N8O8S2/c37-36-40-25(18-54-36)28(42-52-21-8-4-5-9-21)32(47)41-29-33(48)43-30(35(49)50)24(17-53-34(29)43)27(22-12-15-39-31(22)46)23(19-10-13-38-14-11-19)16-26(45)44(51)20-6-2-1-3-7-20/h1-3,6-7,10-11,13-14,18,21,23,29,34,51H,4-5,8-9,12,15-17H2,(H2,37,40)(H,39,46)(H,41,47)(H,49,50)/t23?,29-,34-/m1/s1. The molecule has 16 nitrogen and oxygen atoms in total. The van der Waals surface area contributed by atoms with Crippen molar-refractivity contribution >= 4 is 69.2 Å². The van der Waals surface area contributed by atoms with Gasteiger partial charge in [0.15, 0.2) is 10.8 Å². The lowest BCUT2D eigenvalue weighted by Crippen LogP contribution is -2.71. The van der Waals surface area contributed by atoms with Gasteiger partial charge in [0.05, 0.1) is 5.69 Å². The van der Waals surface area contributed by atoms with Crippen molar-refractivity contribution in [1.29, 1.82) is 0 Å². The molecule has 1 unspecified atom stereocenters. The van der Waals surface area contributed by atoms with E-state index in [4.69, 9.17) is 10.6 Å². The van der Waals surface area contributed by atoms with Gasteiger partial charge in [-0.2, -0.15) is 5.06 Å². The van der Waals surface area contributed by atoms with E-state index in [9.17, 15) is 34.3 Å². The van der Waals surface area contributed by atoms with Gasteiger partial charge < -0.3 is 26.3 Å². The molecule has 0 radical (unpaired) electrons. The fourth-order valence-electron chi connectivity index (χ4n) is 7.09. The topological polar surface area (TPSA) is 230 Å². The number of rotatable bonds is 12. The first-order chi connectivity index (χ1) is 26.1. The van der Waals surface area contributed by atoms with Crippen molar-refractivity contribution in [2.24, 2.45) is 5.16 Å². The van der Waals surface area contributed by atoms with Crippen molar-refractivity contribution in [1.82, 2.24) is 25.5 Å². The molecule has 2 saturated heterocycles. The Morgan fingerprint density at radius 3 is 2.52 bits per heavy atom. The SMILES string of the molecule is Nc1nc(C(=NOC2CCCC2)C(=O)N[C@@H]2C(=O)N3C(C(=O)O)=C(C(=C4CCNC4=O)C(CC(=O)N(O)c4ccccc4)c4ccncc4)CS[C@H]23)cs1. The lowest BCUT2D eigenvalue weighted by Gasteiger charge is -2.50. The number of nitrogens with two attached hydrogens (primary N) is 1. The highest BCUT2D eigenvalue weighted by Crippen LogP contribution is 2.47. The summed E-state index contributed by atoms with van der Waals surface area (Å²) < 4.78 is 0. The maximum atomic E-state index is 13.9. The molecular weight excluding hydrogens is 737 g/mol. The summed E-state index contributed by atoms with van der Waals surface area (Å²) in [6, 6.07) is 10.4. The average molecular weight is 773 g/mol. The van der Waals surface area contributed by atoms with E-state index in [0.29, 0.717) is 10.6 Å². The van der Waals surface area contributed by atoms with Gasteiger partial charge in [0, 0.05) is 48.0 Å². The number of hydroxylamine groups is 1. The first-order valence-electron chi connectivity index (χ1n) is 17.3. The van der Waals surface area contributed by atoms with Gasteiger partial charge in [0.1, 0.15) is 28.9 Å². The van der Waals surface area contributed by atoms with Crippen molar-refractivity contribution in [3.8, 4) is 0 Å². The molecule has 3 aliphatic heterocycles. The number of nitrogen functional groups attached to an aromatic ring is 1. The number of thioether (sulfide) groups is 1. The number of oxime groups is 1. The number of benzene rings is 1. The van der Waals surface area contributed by atoms with Crippen LogP contribution in [0.2, 0.25) is 0 Å². The predicted octanol–water partition coefficient (Wildman–Crippen LogP) is 2.94. The number of para-hydroxylation sites is 1. The van der Waals surface area contributed by atoms with E-state index in [1.807, 2.05) is 0 Å². The number of β-lactam (4-membered cyclic amide) rings is 1. The van der Waals surface area contributed by atoms with E-state index < -0.39 is 46.9 Å². The van der Waals surface area contributed by atoms with Gasteiger partial charge in [-0.05, 0) is 73.1 Å². The predicted molar refractivity (Wildman–Crippen MR) is 198 cm³/mol. The maximum Gasteiger partial charge on any atom is 0.352 e. The first kappa shape index (κ1) is 36.8. The Bertz CT molecular complexity index is 2070. The smallest absolute Gasteiger partial charge is 0.352 e. The Morgan fingerprint density at radius 2 is 1.87 bits per heavy atom. The monoisotopic (exact) mass is 772 g/mol. The van der Waals surface area contributed by atoms with Crippen LogP contribution in [0.3, 0.4) is 0 Å². The molecule has 2 aromatic heterocycles. The molecule has 280 valence electrons. The Hall–Kier alpha value is -5.59. The number of pyridine rings is 1. The number of carbonyl (C=O) groups excluding carboxylic acids is 4. The van der Waals surface area contributed by atoms with Crippen LogP contribution < -0.4 is 21.4 Å². The second-order valence-corrected chi connectivity index (χ2v) is 15.0. The number of thiazole rings is 1. The van der Waals surface area contributed by atoms with Crippen LogP contribution in [-0.2, 0) is 28.8 Å². The third-order valence-corrected chi connectivity index (χ3v) is 11.6. The fraction of sp³-hybridized carbons (Fsp3) is 0.333. The van der Waals surface area contributed by atoms with E-state index in [1.54, 1.807) is 47.8 Å². The van der Waals surface area contributed by atoms with Gasteiger partial charge in [-0.15, -0.1) is 23.1 Å². The molecular formula is C36H36N8O8S2. The zero-order valence-electron chi connectivity index (χ0n) is 28.7. The molecule has 6 N–H and O–H groups in total. The summed E-state index contributed by atoms with van der Waals surface area (Å²) in [7, 11) is 0. The number of hydrogen-bond donors (Lipinski definition) is 5. The number of fused-ring (bicyclic) bond motifs is 1. The molecule has 0 spiro atoms. The summed E-state index contributed by atoms with van der Waals surface area (Å²) in [6.07, 6.45) is 6.29. The van der Waals surface area contributed by atoms with Gasteiger partial charge in [-0.3, -0.25) is 34.3 Å². The molecule has 3 atom stereocenters. The number of nitrogens with one attached hydrogen (secondary N) is 2. The average Bonchev–Trinajstić information content (AvgIpc) is 3.97. The summed E-state index contributed by atoms with van der Waals surface area (Å²) in [5.41, 5.74) is 6.98. The van der Waals surface area contributed by atoms with Gasteiger partial charge in [-0.25, -0.2) is 9.78 Å². The van der Waals surface area contributed by atoms with Crippen LogP contribution in [0.15, 0.2) is 87.8 Å². The van der Waals surface area contributed by atoms with Crippen molar-refractivity contribution < 1.29 is 39.1 Å². The van der Waals surface area contributed by atoms with E-state index in [0.717, 1.165) is 41.9 Å². The first-order valence-corrected chi connectivity index (χ1v) is 19.2. The number of aliphatic carboxylic acids is 1. The number of amides is 4. The lowest BCUT2D eigenvalue weighted by molar-refractivity contribution is -0.150. The van der Waals surface area contributed by atoms with Crippen molar-refractivity contribution in [3.05, 3.63) is 93.9 Å². The Balaban J connectivity index is 1.22. The van der Waals surface area contributed by atoms with Crippen molar-refractivity contribution in [2.45, 2.75) is 62.0 Å². The molecule has 4 amide bonds. The number of allylic oxidation sites excluding steroid dienone is 1. The van der Waals surface area contributed by atoms with Crippen LogP contribution in [0.5, 0.6) is 0 Å². The van der Waals surface area contributed by atoms with Crippen molar-refractivity contribution in [2.75, 3.05) is 23.1 Å². The number of hydrogen-bond acceptors (Lipinski definition) is 13. The molecule has 3 aromatic rings. The molecule has 1 aliphatic carbocycles.